The molecule has 0 radical (unpaired) electrons. The quantitative estimate of drug-likeness (QED) is 0.820. The maximum absolute atomic E-state index is 12.1. The molecule has 1 aliphatic rings. The standard InChI is InChI=1S/C11H18N2O2S4/c12-4-3-9-1-2-11(18-9)19(14,15)13-7-10-8-16-5-6-17-10/h1-2,10,13H,3-8,12H2. The molecule has 1 atom stereocenters. The van der Waals surface area contributed by atoms with Gasteiger partial charge in [-0.25, -0.2) is 13.1 Å². The molecule has 2 rings (SSSR count). The highest BCUT2D eigenvalue weighted by molar-refractivity contribution is 8.06. The average Bonchev–Trinajstić information content (AvgIpc) is 2.88. The maximum atomic E-state index is 12.1. The van der Waals surface area contributed by atoms with Crippen LogP contribution < -0.4 is 10.5 Å². The summed E-state index contributed by atoms with van der Waals surface area (Å²) in [6, 6.07) is 3.51. The van der Waals surface area contributed by atoms with Crippen LogP contribution in [0.1, 0.15) is 4.88 Å². The first kappa shape index (κ1) is 15.7. The predicted octanol–water partition coefficient (Wildman–Crippen LogP) is 1.38. The lowest BCUT2D eigenvalue weighted by Crippen LogP contribution is -2.33. The van der Waals surface area contributed by atoms with Gasteiger partial charge in [0.25, 0.3) is 0 Å². The van der Waals surface area contributed by atoms with Crippen molar-refractivity contribution in [3.63, 3.8) is 0 Å². The van der Waals surface area contributed by atoms with E-state index in [0.717, 1.165) is 22.8 Å². The Kier molecular flexibility index (Phi) is 6.04. The second-order valence-electron chi connectivity index (χ2n) is 4.18. The molecule has 4 nitrogen and oxygen atoms in total. The van der Waals surface area contributed by atoms with Crippen LogP contribution >= 0.6 is 34.9 Å². The van der Waals surface area contributed by atoms with Crippen LogP contribution in [0.2, 0.25) is 0 Å². The highest BCUT2D eigenvalue weighted by atomic mass is 32.2. The van der Waals surface area contributed by atoms with E-state index < -0.39 is 10.0 Å². The van der Waals surface area contributed by atoms with E-state index in [0.29, 0.717) is 22.5 Å². The van der Waals surface area contributed by atoms with Gasteiger partial charge >= 0.3 is 0 Å². The summed E-state index contributed by atoms with van der Waals surface area (Å²) in [5, 5.41) is 0.386. The molecule has 1 aliphatic heterocycles. The van der Waals surface area contributed by atoms with E-state index in [4.69, 9.17) is 5.73 Å². The number of nitrogens with two attached hydrogens (primary N) is 1. The van der Waals surface area contributed by atoms with E-state index in [1.807, 2.05) is 29.6 Å². The van der Waals surface area contributed by atoms with E-state index in [2.05, 4.69) is 4.72 Å². The Morgan fingerprint density at radius 3 is 2.89 bits per heavy atom. The van der Waals surface area contributed by atoms with Crippen LogP contribution in [0.3, 0.4) is 0 Å². The normalized spacial score (nSPS) is 20.6. The Labute approximate surface area is 127 Å². The topological polar surface area (TPSA) is 72.2 Å². The van der Waals surface area contributed by atoms with Gasteiger partial charge in [-0.3, -0.25) is 0 Å². The van der Waals surface area contributed by atoms with Gasteiger partial charge in [-0.05, 0) is 25.1 Å². The van der Waals surface area contributed by atoms with Crippen LogP contribution in [0.4, 0.5) is 0 Å². The van der Waals surface area contributed by atoms with Gasteiger partial charge in [0, 0.05) is 33.9 Å². The van der Waals surface area contributed by atoms with Crippen molar-refractivity contribution >= 4 is 44.9 Å². The van der Waals surface area contributed by atoms with Crippen molar-refractivity contribution in [2.75, 3.05) is 30.3 Å². The zero-order valence-electron chi connectivity index (χ0n) is 10.5. The molecule has 1 fully saturated rings. The minimum atomic E-state index is -3.35. The van der Waals surface area contributed by atoms with E-state index in [9.17, 15) is 8.42 Å². The monoisotopic (exact) mass is 338 g/mol. The van der Waals surface area contributed by atoms with Gasteiger partial charge in [0.1, 0.15) is 4.21 Å². The molecule has 108 valence electrons. The van der Waals surface area contributed by atoms with Crippen molar-refractivity contribution < 1.29 is 8.42 Å². The lowest BCUT2D eigenvalue weighted by atomic mass is 10.3. The largest absolute Gasteiger partial charge is 0.330 e. The molecule has 0 amide bonds. The smallest absolute Gasteiger partial charge is 0.250 e. The Bertz CT molecular complexity index is 495. The third-order valence-electron chi connectivity index (χ3n) is 2.68. The van der Waals surface area contributed by atoms with E-state index >= 15 is 0 Å². The van der Waals surface area contributed by atoms with E-state index in [1.54, 1.807) is 6.07 Å². The number of rotatable bonds is 6. The summed E-state index contributed by atoms with van der Waals surface area (Å²) < 4.78 is 27.4. The van der Waals surface area contributed by atoms with E-state index in [1.165, 1.54) is 17.1 Å². The summed E-state index contributed by atoms with van der Waals surface area (Å²) >= 11 is 5.05. The van der Waals surface area contributed by atoms with Gasteiger partial charge in [-0.15, -0.1) is 11.3 Å². The van der Waals surface area contributed by atoms with Crippen molar-refractivity contribution in [1.29, 1.82) is 0 Å². The molecule has 1 unspecified atom stereocenters. The molecule has 0 bridgehead atoms. The summed E-state index contributed by atoms with van der Waals surface area (Å²) in [6.45, 7) is 1.06. The lowest BCUT2D eigenvalue weighted by Gasteiger charge is -2.20. The zero-order valence-corrected chi connectivity index (χ0v) is 13.8. The number of hydrogen-bond donors (Lipinski definition) is 2. The summed E-state index contributed by atoms with van der Waals surface area (Å²) in [6.07, 6.45) is 0.731. The van der Waals surface area contributed by atoms with Gasteiger partial charge in [0.05, 0.1) is 0 Å². The van der Waals surface area contributed by atoms with Crippen molar-refractivity contribution in [2.45, 2.75) is 15.9 Å². The van der Waals surface area contributed by atoms with Crippen molar-refractivity contribution in [1.82, 2.24) is 4.72 Å². The molecule has 0 aliphatic carbocycles. The molecular weight excluding hydrogens is 320 g/mol. The average molecular weight is 339 g/mol. The van der Waals surface area contributed by atoms with Gasteiger partial charge in [-0.1, -0.05) is 0 Å². The van der Waals surface area contributed by atoms with Crippen molar-refractivity contribution in [3.05, 3.63) is 17.0 Å². The van der Waals surface area contributed by atoms with Crippen molar-refractivity contribution in [2.24, 2.45) is 5.73 Å². The third kappa shape index (κ3) is 4.64. The molecular formula is C11H18N2O2S4. The molecule has 19 heavy (non-hydrogen) atoms. The Hall–Kier alpha value is 0.270. The van der Waals surface area contributed by atoms with Crippen LogP contribution in [0.5, 0.6) is 0 Å². The molecule has 1 aromatic heterocycles. The molecule has 8 heteroatoms. The maximum Gasteiger partial charge on any atom is 0.250 e. The van der Waals surface area contributed by atoms with Crippen LogP contribution in [0.25, 0.3) is 0 Å². The fourth-order valence-corrected chi connectivity index (χ4v) is 6.92. The molecule has 2 heterocycles. The lowest BCUT2D eigenvalue weighted by molar-refractivity contribution is 0.583. The Balaban J connectivity index is 1.92. The molecule has 0 spiro atoms. The first-order chi connectivity index (χ1) is 9.12. The minimum Gasteiger partial charge on any atom is -0.330 e. The van der Waals surface area contributed by atoms with Crippen LogP contribution in [-0.4, -0.2) is 44.0 Å². The molecule has 0 aromatic carbocycles. The molecule has 3 N–H and O–H groups in total. The Morgan fingerprint density at radius 2 is 2.21 bits per heavy atom. The summed E-state index contributed by atoms with van der Waals surface area (Å²) in [4.78, 5) is 1.02. The van der Waals surface area contributed by atoms with Crippen LogP contribution in [0, 0.1) is 0 Å². The second-order valence-corrected chi connectivity index (χ2v) is 9.90. The number of sulfonamides is 1. The molecule has 1 aromatic rings. The predicted molar refractivity (Wildman–Crippen MR) is 85.8 cm³/mol. The van der Waals surface area contributed by atoms with E-state index in [-0.39, 0.29) is 0 Å². The molecule has 0 saturated carbocycles. The highest BCUT2D eigenvalue weighted by Gasteiger charge is 2.20. The van der Waals surface area contributed by atoms with Gasteiger partial charge in [0.2, 0.25) is 10.0 Å². The first-order valence-corrected chi connectivity index (χ1v) is 10.6. The summed E-state index contributed by atoms with van der Waals surface area (Å²) in [5.41, 5.74) is 5.47. The van der Waals surface area contributed by atoms with Crippen molar-refractivity contribution in [3.8, 4) is 0 Å². The number of thiophene rings is 1. The summed E-state index contributed by atoms with van der Waals surface area (Å²) in [5.74, 6) is 3.30. The third-order valence-corrected chi connectivity index (χ3v) is 8.58. The number of thioether (sulfide) groups is 2. The second kappa shape index (κ2) is 7.33. The summed E-state index contributed by atoms with van der Waals surface area (Å²) in [7, 11) is -3.35. The van der Waals surface area contributed by atoms with Gasteiger partial charge < -0.3 is 5.73 Å². The minimum absolute atomic E-state index is 0.386. The number of nitrogens with one attached hydrogen (secondary N) is 1. The zero-order chi connectivity index (χ0) is 13.7. The van der Waals surface area contributed by atoms with Gasteiger partial charge in [-0.2, -0.15) is 23.5 Å². The van der Waals surface area contributed by atoms with Crippen LogP contribution in [-0.2, 0) is 16.4 Å². The fourth-order valence-electron chi connectivity index (χ4n) is 1.71. The Morgan fingerprint density at radius 1 is 1.37 bits per heavy atom. The first-order valence-electron chi connectivity index (χ1n) is 6.09. The molecule has 1 saturated heterocycles. The fraction of sp³-hybridized carbons (Fsp3) is 0.636. The highest BCUT2D eigenvalue weighted by Crippen LogP contribution is 2.25. The van der Waals surface area contributed by atoms with Gasteiger partial charge in [0.15, 0.2) is 0 Å². The number of hydrogen-bond acceptors (Lipinski definition) is 6. The SMILES string of the molecule is NCCc1ccc(S(=O)(=O)NCC2CSCCS2)s1. The van der Waals surface area contributed by atoms with Crippen LogP contribution in [0.15, 0.2) is 16.3 Å².